The molecule has 0 bridgehead atoms. The average molecular weight is 602 g/mol. The van der Waals surface area contributed by atoms with Gasteiger partial charge in [-0.25, -0.2) is 18.6 Å². The monoisotopic (exact) mass is 601 g/mol. The van der Waals surface area contributed by atoms with Gasteiger partial charge in [-0.3, -0.25) is 14.3 Å². The van der Waals surface area contributed by atoms with Crippen LogP contribution in [0.2, 0.25) is 0 Å². The number of aromatic nitrogens is 3. The van der Waals surface area contributed by atoms with E-state index in [0.29, 0.717) is 12.0 Å². The second-order valence-corrected chi connectivity index (χ2v) is 10.9. The fraction of sp³-hybridized carbons (Fsp3) is 0.414. The Morgan fingerprint density at radius 3 is 2.51 bits per heavy atom. The number of anilines is 1. The number of rotatable bonds is 12. The van der Waals surface area contributed by atoms with E-state index in [9.17, 15) is 23.9 Å². The number of amides is 3. The summed E-state index contributed by atoms with van der Waals surface area (Å²) in [4.78, 5) is 42.1. The Kier molecular flexibility index (Phi) is 11.1. The van der Waals surface area contributed by atoms with E-state index >= 15 is 4.39 Å². The lowest BCUT2D eigenvalue weighted by atomic mass is 10.1. The number of halogens is 2. The van der Waals surface area contributed by atoms with Crippen molar-refractivity contribution >= 4 is 23.7 Å². The molecule has 5 N–H and O–H groups in total. The standard InChI is InChI=1S/C29H37F2N7O5/c1-17(35-27(41)23(16-39)36-28(42)43-29(2,3)4)13-33-26(40)21-12-22(31)24(19-14-34-38(5)15-19)37-25(21)32-10-9-18-7-6-8-20(30)11-18/h6-8,11-12,14-15,17,23,39H,9-10,13,16H2,1-5H3,(H,32,37)(H,33,40)(H,35,41)(H,36,42)/t17-,23+/m1/s1. The zero-order valence-electron chi connectivity index (χ0n) is 24.7. The Morgan fingerprint density at radius 2 is 1.88 bits per heavy atom. The second-order valence-electron chi connectivity index (χ2n) is 10.9. The Balaban J connectivity index is 1.69. The summed E-state index contributed by atoms with van der Waals surface area (Å²) in [6.07, 6.45) is 2.57. The molecular weight excluding hydrogens is 564 g/mol. The number of pyridine rings is 1. The molecule has 2 aromatic heterocycles. The molecule has 0 aliphatic rings. The molecule has 3 amide bonds. The number of aliphatic hydroxyl groups is 1. The van der Waals surface area contributed by atoms with Gasteiger partial charge < -0.3 is 31.1 Å². The van der Waals surface area contributed by atoms with E-state index in [1.54, 1.807) is 53.1 Å². The molecule has 0 fully saturated rings. The SMILES string of the molecule is C[C@H](CNC(=O)c1cc(F)c(-c2cnn(C)c2)nc1NCCc1cccc(F)c1)NC(=O)[C@H](CO)NC(=O)OC(C)(C)C. The van der Waals surface area contributed by atoms with Crippen LogP contribution in [0.15, 0.2) is 42.7 Å². The maximum Gasteiger partial charge on any atom is 0.408 e. The van der Waals surface area contributed by atoms with Crippen molar-refractivity contribution < 1.29 is 33.0 Å². The summed E-state index contributed by atoms with van der Waals surface area (Å²) in [6, 6.07) is 5.24. The Bertz CT molecular complexity index is 1440. The highest BCUT2D eigenvalue weighted by Crippen LogP contribution is 2.25. The van der Waals surface area contributed by atoms with Crippen LogP contribution in [-0.2, 0) is 23.0 Å². The van der Waals surface area contributed by atoms with Crippen LogP contribution in [0.3, 0.4) is 0 Å². The first-order valence-corrected chi connectivity index (χ1v) is 13.6. The van der Waals surface area contributed by atoms with Crippen LogP contribution in [0.1, 0.15) is 43.6 Å². The van der Waals surface area contributed by atoms with Gasteiger partial charge in [0.2, 0.25) is 5.91 Å². The summed E-state index contributed by atoms with van der Waals surface area (Å²) in [6.45, 7) is 6.10. The molecule has 12 nitrogen and oxygen atoms in total. The Labute approximate surface area is 248 Å². The van der Waals surface area contributed by atoms with Gasteiger partial charge in [0.05, 0.1) is 18.4 Å². The van der Waals surface area contributed by atoms with Crippen LogP contribution in [0.25, 0.3) is 11.3 Å². The van der Waals surface area contributed by atoms with Crippen molar-refractivity contribution in [3.63, 3.8) is 0 Å². The minimum absolute atomic E-state index is 0.00827. The lowest BCUT2D eigenvalue weighted by Gasteiger charge is -2.23. The molecule has 2 heterocycles. The van der Waals surface area contributed by atoms with Gasteiger partial charge >= 0.3 is 6.09 Å². The molecule has 0 saturated carbocycles. The second kappa shape index (κ2) is 14.5. The van der Waals surface area contributed by atoms with Gasteiger partial charge in [0.25, 0.3) is 5.91 Å². The topological polar surface area (TPSA) is 159 Å². The molecule has 14 heteroatoms. The molecule has 232 valence electrons. The smallest absolute Gasteiger partial charge is 0.408 e. The van der Waals surface area contributed by atoms with Crippen LogP contribution in [0.5, 0.6) is 0 Å². The number of nitrogens with one attached hydrogen (secondary N) is 4. The first kappa shape index (κ1) is 32.9. The highest BCUT2D eigenvalue weighted by atomic mass is 19.1. The molecular formula is C29H37F2N7O5. The number of carbonyl (C=O) groups excluding carboxylic acids is 3. The van der Waals surface area contributed by atoms with Crippen LogP contribution in [0.4, 0.5) is 19.4 Å². The van der Waals surface area contributed by atoms with Crippen LogP contribution < -0.4 is 21.3 Å². The number of hydrogen-bond acceptors (Lipinski definition) is 8. The number of ether oxygens (including phenoxy) is 1. The molecule has 3 rings (SSSR count). The van der Waals surface area contributed by atoms with E-state index in [0.717, 1.165) is 11.6 Å². The number of carbonyl (C=O) groups is 3. The van der Waals surface area contributed by atoms with E-state index in [-0.39, 0.29) is 36.0 Å². The predicted molar refractivity (Wildman–Crippen MR) is 155 cm³/mol. The van der Waals surface area contributed by atoms with E-state index in [4.69, 9.17) is 4.74 Å². The summed E-state index contributed by atoms with van der Waals surface area (Å²) in [7, 11) is 1.68. The lowest BCUT2D eigenvalue weighted by Crippen LogP contribution is -2.53. The summed E-state index contributed by atoms with van der Waals surface area (Å²) in [5.41, 5.74) is 0.249. The van der Waals surface area contributed by atoms with E-state index in [2.05, 4.69) is 31.3 Å². The lowest BCUT2D eigenvalue weighted by molar-refractivity contribution is -0.124. The fourth-order valence-corrected chi connectivity index (χ4v) is 3.94. The largest absolute Gasteiger partial charge is 0.444 e. The first-order chi connectivity index (χ1) is 20.3. The Hall–Kier alpha value is -4.59. The van der Waals surface area contributed by atoms with Gasteiger partial charge in [-0.2, -0.15) is 5.10 Å². The molecule has 3 aromatic rings. The normalized spacial score (nSPS) is 12.7. The zero-order valence-corrected chi connectivity index (χ0v) is 24.7. The van der Waals surface area contributed by atoms with Crippen molar-refractivity contribution in [2.24, 2.45) is 7.05 Å². The number of aryl methyl sites for hydroxylation is 1. The molecule has 0 aliphatic heterocycles. The molecule has 0 saturated heterocycles. The number of benzene rings is 1. The molecule has 0 unspecified atom stereocenters. The number of nitrogens with zero attached hydrogens (tertiary/aromatic N) is 3. The molecule has 0 spiro atoms. The molecule has 1 aromatic carbocycles. The van der Waals surface area contributed by atoms with Crippen molar-refractivity contribution in [2.75, 3.05) is 25.0 Å². The molecule has 0 aliphatic carbocycles. The van der Waals surface area contributed by atoms with E-state index < -0.39 is 48.0 Å². The van der Waals surface area contributed by atoms with Gasteiger partial charge in [-0.15, -0.1) is 0 Å². The third kappa shape index (κ3) is 10.0. The first-order valence-electron chi connectivity index (χ1n) is 13.6. The zero-order chi connectivity index (χ0) is 31.7. The summed E-state index contributed by atoms with van der Waals surface area (Å²) >= 11 is 0. The van der Waals surface area contributed by atoms with Crippen molar-refractivity contribution in [1.29, 1.82) is 0 Å². The Morgan fingerprint density at radius 1 is 1.14 bits per heavy atom. The number of alkyl carbamates (subject to hydrolysis) is 1. The van der Waals surface area contributed by atoms with E-state index in [1.165, 1.54) is 23.0 Å². The van der Waals surface area contributed by atoms with Gasteiger partial charge in [0.1, 0.15) is 29.0 Å². The van der Waals surface area contributed by atoms with Gasteiger partial charge in [-0.05, 0) is 57.9 Å². The quantitative estimate of drug-likeness (QED) is 0.212. The van der Waals surface area contributed by atoms with Crippen molar-refractivity contribution in [3.8, 4) is 11.3 Å². The maximum absolute atomic E-state index is 15.1. The van der Waals surface area contributed by atoms with Crippen molar-refractivity contribution in [3.05, 3.63) is 65.5 Å². The fourth-order valence-electron chi connectivity index (χ4n) is 3.94. The van der Waals surface area contributed by atoms with Gasteiger partial charge in [0.15, 0.2) is 5.82 Å². The van der Waals surface area contributed by atoms with Crippen LogP contribution in [0, 0.1) is 11.6 Å². The van der Waals surface area contributed by atoms with Gasteiger partial charge in [-0.1, -0.05) is 12.1 Å². The van der Waals surface area contributed by atoms with Crippen molar-refractivity contribution in [1.82, 2.24) is 30.7 Å². The average Bonchev–Trinajstić information content (AvgIpc) is 3.35. The molecule has 43 heavy (non-hydrogen) atoms. The van der Waals surface area contributed by atoms with Crippen LogP contribution >= 0.6 is 0 Å². The predicted octanol–water partition coefficient (Wildman–Crippen LogP) is 2.54. The summed E-state index contributed by atoms with van der Waals surface area (Å²) < 4.78 is 35.3. The highest BCUT2D eigenvalue weighted by Gasteiger charge is 2.25. The third-order valence-electron chi connectivity index (χ3n) is 5.94. The minimum atomic E-state index is -1.28. The number of hydrogen-bond donors (Lipinski definition) is 5. The minimum Gasteiger partial charge on any atom is -0.444 e. The summed E-state index contributed by atoms with van der Waals surface area (Å²) in [5, 5.41) is 24.2. The van der Waals surface area contributed by atoms with Crippen LogP contribution in [-0.4, -0.2) is 75.2 Å². The maximum atomic E-state index is 15.1. The molecule has 2 atom stereocenters. The van der Waals surface area contributed by atoms with Gasteiger partial charge in [0, 0.05) is 37.9 Å². The molecule has 0 radical (unpaired) electrons. The number of aliphatic hydroxyl groups excluding tert-OH is 1. The van der Waals surface area contributed by atoms with Crippen molar-refractivity contribution in [2.45, 2.75) is 51.8 Å². The third-order valence-corrected chi connectivity index (χ3v) is 5.94. The summed E-state index contributed by atoms with van der Waals surface area (Å²) in [5.74, 6) is -2.36. The highest BCUT2D eigenvalue weighted by molar-refractivity contribution is 5.99. The van der Waals surface area contributed by atoms with E-state index in [1.807, 2.05) is 0 Å².